The molecule has 1 aromatic rings. The van der Waals surface area contributed by atoms with Crippen LogP contribution in [0.25, 0.3) is 0 Å². The summed E-state index contributed by atoms with van der Waals surface area (Å²) < 4.78 is 26.7. The number of hydrogen-bond donors (Lipinski definition) is 1. The van der Waals surface area contributed by atoms with Crippen LogP contribution in [0.4, 0.5) is 0 Å². The SMILES string of the molecule is CS(=O)(=O)c1ccc(C(=O)OS)cc1C=O. The molecule has 0 amide bonds. The molecule has 0 radical (unpaired) electrons. The van der Waals surface area contributed by atoms with Gasteiger partial charge in [-0.15, -0.1) is 0 Å². The average molecular weight is 260 g/mol. The predicted octanol–water partition coefficient (Wildman–Crippen LogP) is 0.904. The molecule has 7 heteroatoms. The van der Waals surface area contributed by atoms with E-state index >= 15 is 0 Å². The minimum Gasteiger partial charge on any atom is -0.391 e. The van der Waals surface area contributed by atoms with Crippen molar-refractivity contribution >= 4 is 35.0 Å². The standard InChI is InChI=1S/C9H8O5S2/c1-16(12,13)8-3-2-6(9(11)14-15)4-7(8)5-10/h2-5,15H,1H3. The summed E-state index contributed by atoms with van der Waals surface area (Å²) in [6, 6.07) is 3.57. The molecule has 0 aromatic heterocycles. The van der Waals surface area contributed by atoms with Crippen LogP contribution in [0, 0.1) is 0 Å². The third-order valence-corrected chi connectivity index (χ3v) is 3.19. The topological polar surface area (TPSA) is 77.5 Å². The van der Waals surface area contributed by atoms with Gasteiger partial charge in [0.1, 0.15) is 0 Å². The Morgan fingerprint density at radius 1 is 1.44 bits per heavy atom. The van der Waals surface area contributed by atoms with E-state index in [1.807, 2.05) is 0 Å². The highest BCUT2D eigenvalue weighted by Crippen LogP contribution is 2.16. The van der Waals surface area contributed by atoms with Gasteiger partial charge in [-0.2, -0.15) is 0 Å². The molecule has 0 fully saturated rings. The Morgan fingerprint density at radius 2 is 2.06 bits per heavy atom. The zero-order valence-corrected chi connectivity index (χ0v) is 9.92. The number of thiol groups is 1. The highest BCUT2D eigenvalue weighted by Gasteiger charge is 2.16. The minimum absolute atomic E-state index is 0.0597. The van der Waals surface area contributed by atoms with Crippen molar-refractivity contribution in [1.29, 1.82) is 0 Å². The predicted molar refractivity (Wildman–Crippen MR) is 59.3 cm³/mol. The maximum Gasteiger partial charge on any atom is 0.349 e. The molecule has 0 aliphatic heterocycles. The van der Waals surface area contributed by atoms with Crippen molar-refractivity contribution in [3.63, 3.8) is 0 Å². The largest absolute Gasteiger partial charge is 0.391 e. The number of carbonyl (C=O) groups is 2. The van der Waals surface area contributed by atoms with Crippen LogP contribution in [-0.2, 0) is 14.0 Å². The van der Waals surface area contributed by atoms with Crippen molar-refractivity contribution in [3.8, 4) is 0 Å². The van der Waals surface area contributed by atoms with Crippen LogP contribution in [0.1, 0.15) is 20.7 Å². The van der Waals surface area contributed by atoms with Crippen LogP contribution in [0.5, 0.6) is 0 Å². The molecule has 5 nitrogen and oxygen atoms in total. The first-order valence-electron chi connectivity index (χ1n) is 4.05. The van der Waals surface area contributed by atoms with Crippen LogP contribution in [0.15, 0.2) is 23.1 Å². The number of rotatable bonds is 3. The summed E-state index contributed by atoms with van der Waals surface area (Å²) in [6.45, 7) is 0. The quantitative estimate of drug-likeness (QED) is 0.496. The number of aldehydes is 1. The smallest absolute Gasteiger partial charge is 0.349 e. The summed E-state index contributed by atoms with van der Waals surface area (Å²) >= 11 is 3.32. The summed E-state index contributed by atoms with van der Waals surface area (Å²) in [5, 5.41) is 0. The van der Waals surface area contributed by atoms with Crippen molar-refractivity contribution in [1.82, 2.24) is 0 Å². The van der Waals surface area contributed by atoms with E-state index in [1.165, 1.54) is 12.1 Å². The van der Waals surface area contributed by atoms with E-state index in [2.05, 4.69) is 17.1 Å². The van der Waals surface area contributed by atoms with Crippen molar-refractivity contribution in [2.75, 3.05) is 6.26 Å². The van der Waals surface area contributed by atoms with Crippen LogP contribution >= 0.6 is 12.9 Å². The molecule has 0 spiro atoms. The van der Waals surface area contributed by atoms with Gasteiger partial charge < -0.3 is 4.18 Å². The van der Waals surface area contributed by atoms with Gasteiger partial charge in [-0.3, -0.25) is 4.79 Å². The fraction of sp³-hybridized carbons (Fsp3) is 0.111. The van der Waals surface area contributed by atoms with Crippen molar-refractivity contribution < 1.29 is 22.2 Å². The molecular weight excluding hydrogens is 252 g/mol. The van der Waals surface area contributed by atoms with Gasteiger partial charge in [0.15, 0.2) is 16.1 Å². The van der Waals surface area contributed by atoms with Gasteiger partial charge >= 0.3 is 5.97 Å². The van der Waals surface area contributed by atoms with E-state index in [9.17, 15) is 18.0 Å². The Balaban J connectivity index is 3.39. The van der Waals surface area contributed by atoms with Gasteiger partial charge in [0.25, 0.3) is 0 Å². The van der Waals surface area contributed by atoms with Crippen LogP contribution < -0.4 is 0 Å². The zero-order valence-electron chi connectivity index (χ0n) is 8.21. The summed E-state index contributed by atoms with van der Waals surface area (Å²) in [5.74, 6) is -0.758. The van der Waals surface area contributed by atoms with Crippen LogP contribution in [0.3, 0.4) is 0 Å². The fourth-order valence-electron chi connectivity index (χ4n) is 1.16. The van der Waals surface area contributed by atoms with E-state index in [-0.39, 0.29) is 16.0 Å². The fourth-order valence-corrected chi connectivity index (χ4v) is 2.11. The molecule has 0 atom stereocenters. The molecule has 0 heterocycles. The molecule has 1 aromatic carbocycles. The minimum atomic E-state index is -3.50. The molecule has 16 heavy (non-hydrogen) atoms. The first-order chi connectivity index (χ1) is 7.40. The highest BCUT2D eigenvalue weighted by atomic mass is 32.2. The lowest BCUT2D eigenvalue weighted by atomic mass is 10.1. The Bertz CT molecular complexity index is 533. The number of benzene rings is 1. The van der Waals surface area contributed by atoms with E-state index in [0.29, 0.717) is 6.29 Å². The lowest BCUT2D eigenvalue weighted by Crippen LogP contribution is -2.05. The number of sulfone groups is 1. The Kier molecular flexibility index (Phi) is 3.71. The average Bonchev–Trinajstić information content (AvgIpc) is 2.25. The van der Waals surface area contributed by atoms with Crippen molar-refractivity contribution in [3.05, 3.63) is 29.3 Å². The van der Waals surface area contributed by atoms with Crippen LogP contribution in [-0.4, -0.2) is 26.9 Å². The lowest BCUT2D eigenvalue weighted by Gasteiger charge is -2.04. The van der Waals surface area contributed by atoms with Gasteiger partial charge in [0.2, 0.25) is 0 Å². The molecule has 0 saturated carbocycles. The Hall–Kier alpha value is -1.34. The summed E-state index contributed by atoms with van der Waals surface area (Å²) in [6.07, 6.45) is 1.34. The highest BCUT2D eigenvalue weighted by molar-refractivity contribution is 7.90. The van der Waals surface area contributed by atoms with Gasteiger partial charge in [-0.05, 0) is 18.2 Å². The third-order valence-electron chi connectivity index (χ3n) is 1.85. The Labute approximate surface area is 98.0 Å². The van der Waals surface area contributed by atoms with Gasteiger partial charge in [0, 0.05) is 24.7 Å². The molecular formula is C9H8O5S2. The Morgan fingerprint density at radius 3 is 2.50 bits per heavy atom. The second kappa shape index (κ2) is 4.67. The first-order valence-corrected chi connectivity index (χ1v) is 6.31. The summed E-state index contributed by atoms with van der Waals surface area (Å²) in [5.41, 5.74) is -0.0248. The monoisotopic (exact) mass is 260 g/mol. The summed E-state index contributed by atoms with van der Waals surface area (Å²) in [7, 11) is -3.50. The van der Waals surface area contributed by atoms with E-state index in [4.69, 9.17) is 0 Å². The zero-order chi connectivity index (χ0) is 12.3. The van der Waals surface area contributed by atoms with E-state index in [1.54, 1.807) is 0 Å². The molecule has 1 rings (SSSR count). The van der Waals surface area contributed by atoms with Crippen molar-refractivity contribution in [2.24, 2.45) is 0 Å². The number of carbonyl (C=O) groups excluding carboxylic acids is 2. The molecule has 0 bridgehead atoms. The lowest BCUT2D eigenvalue weighted by molar-refractivity contribution is 0.0772. The normalized spacial score (nSPS) is 10.9. The number of hydrogen-bond acceptors (Lipinski definition) is 6. The molecule has 86 valence electrons. The second-order valence-electron chi connectivity index (χ2n) is 3.02. The van der Waals surface area contributed by atoms with Gasteiger partial charge in [-0.25, -0.2) is 13.2 Å². The molecule has 0 aliphatic carbocycles. The second-order valence-corrected chi connectivity index (χ2v) is 5.19. The molecule has 0 unspecified atom stereocenters. The maximum absolute atomic E-state index is 11.3. The van der Waals surface area contributed by atoms with Crippen LogP contribution in [0.2, 0.25) is 0 Å². The van der Waals surface area contributed by atoms with E-state index < -0.39 is 15.8 Å². The van der Waals surface area contributed by atoms with Gasteiger partial charge in [-0.1, -0.05) is 0 Å². The molecule has 0 aliphatic rings. The first kappa shape index (κ1) is 12.7. The van der Waals surface area contributed by atoms with Crippen molar-refractivity contribution in [2.45, 2.75) is 4.90 Å². The molecule has 0 saturated heterocycles. The van der Waals surface area contributed by atoms with Gasteiger partial charge in [0.05, 0.1) is 10.5 Å². The van der Waals surface area contributed by atoms with E-state index in [0.717, 1.165) is 12.3 Å². The third kappa shape index (κ3) is 2.61. The summed E-state index contributed by atoms with van der Waals surface area (Å²) in [4.78, 5) is 21.7. The maximum atomic E-state index is 11.3. The molecule has 0 N–H and O–H groups in total.